The Morgan fingerprint density at radius 1 is 1.24 bits per heavy atom. The van der Waals surface area contributed by atoms with E-state index in [4.69, 9.17) is 16.0 Å². The molecule has 34 heavy (non-hydrogen) atoms. The molecular weight excluding hydrogens is 494 g/mol. The first-order valence-corrected chi connectivity index (χ1v) is 13.0. The van der Waals surface area contributed by atoms with Crippen molar-refractivity contribution in [3.63, 3.8) is 0 Å². The van der Waals surface area contributed by atoms with Gasteiger partial charge in [-0.15, -0.1) is 10.2 Å². The summed E-state index contributed by atoms with van der Waals surface area (Å²) in [5.41, 5.74) is 5.17. The lowest BCUT2D eigenvalue weighted by molar-refractivity contribution is -0.131. The second-order valence-electron chi connectivity index (χ2n) is 7.33. The molecule has 1 unspecified atom stereocenters. The van der Waals surface area contributed by atoms with E-state index in [9.17, 15) is 26.7 Å². The summed E-state index contributed by atoms with van der Waals surface area (Å²) in [6.07, 6.45) is -1.20. The number of anilines is 1. The SMILES string of the molecule is NCC(O)CNS(=O)(=O)c1ccc(N2CCN(CCO)C(=O)C2)c(-c2nn[nH]n2)c1S(N)(=O)=O. The number of primary sulfonamides is 1. The number of amides is 1. The van der Waals surface area contributed by atoms with Crippen LogP contribution in [0.4, 0.5) is 5.69 Å². The number of carbonyl (C=O) groups is 1. The summed E-state index contributed by atoms with van der Waals surface area (Å²) in [6, 6.07) is 2.34. The normalized spacial score (nSPS) is 16.2. The van der Waals surface area contributed by atoms with Crippen LogP contribution in [0.25, 0.3) is 11.4 Å². The lowest BCUT2D eigenvalue weighted by Crippen LogP contribution is -2.51. The van der Waals surface area contributed by atoms with Gasteiger partial charge >= 0.3 is 0 Å². The molecule has 1 saturated heterocycles. The first-order valence-electron chi connectivity index (χ1n) is 9.94. The monoisotopic (exact) mass is 519 g/mol. The fraction of sp³-hybridized carbons (Fsp3) is 0.500. The zero-order chi connectivity index (χ0) is 25.1. The number of benzene rings is 1. The van der Waals surface area contributed by atoms with Crippen LogP contribution >= 0.6 is 0 Å². The average Bonchev–Trinajstić information content (AvgIpc) is 3.32. The van der Waals surface area contributed by atoms with Crippen LogP contribution in [0, 0.1) is 0 Å². The predicted molar refractivity (Wildman–Crippen MR) is 117 cm³/mol. The van der Waals surface area contributed by atoms with Gasteiger partial charge < -0.3 is 25.7 Å². The van der Waals surface area contributed by atoms with Gasteiger partial charge in [-0.3, -0.25) is 4.79 Å². The van der Waals surface area contributed by atoms with Crippen molar-refractivity contribution in [2.75, 3.05) is 50.8 Å². The van der Waals surface area contributed by atoms with Crippen molar-refractivity contribution in [2.45, 2.75) is 15.9 Å². The highest BCUT2D eigenvalue weighted by molar-refractivity contribution is 7.92. The molecule has 2 heterocycles. The van der Waals surface area contributed by atoms with Gasteiger partial charge in [-0.2, -0.15) is 5.21 Å². The Bertz CT molecular complexity index is 1240. The maximum Gasteiger partial charge on any atom is 0.242 e. The molecule has 18 heteroatoms. The third kappa shape index (κ3) is 5.49. The molecule has 0 spiro atoms. The molecule has 2 aromatic rings. The molecule has 1 atom stereocenters. The zero-order valence-corrected chi connectivity index (χ0v) is 19.5. The molecule has 3 rings (SSSR count). The van der Waals surface area contributed by atoms with Gasteiger partial charge in [0.25, 0.3) is 0 Å². The van der Waals surface area contributed by atoms with E-state index in [0.717, 1.165) is 6.07 Å². The lowest BCUT2D eigenvalue weighted by atomic mass is 10.1. The third-order valence-corrected chi connectivity index (χ3v) is 7.64. The number of nitrogens with one attached hydrogen (secondary N) is 2. The lowest BCUT2D eigenvalue weighted by Gasteiger charge is -2.36. The smallest absolute Gasteiger partial charge is 0.242 e. The van der Waals surface area contributed by atoms with E-state index in [1.54, 1.807) is 0 Å². The molecule has 1 aromatic heterocycles. The van der Waals surface area contributed by atoms with Gasteiger partial charge in [0.2, 0.25) is 31.8 Å². The number of rotatable bonds is 10. The van der Waals surface area contributed by atoms with Crippen molar-refractivity contribution < 1.29 is 31.8 Å². The average molecular weight is 520 g/mol. The zero-order valence-electron chi connectivity index (χ0n) is 17.8. The highest BCUT2D eigenvalue weighted by Gasteiger charge is 2.35. The number of aliphatic hydroxyl groups excluding tert-OH is 2. The molecule has 8 N–H and O–H groups in total. The maximum absolute atomic E-state index is 13.0. The first kappa shape index (κ1) is 25.9. The number of hydrogen-bond donors (Lipinski definition) is 6. The quantitative estimate of drug-likeness (QED) is 0.175. The van der Waals surface area contributed by atoms with Gasteiger partial charge in [-0.1, -0.05) is 0 Å². The number of sulfonamides is 2. The number of aliphatic hydroxyl groups is 2. The Kier molecular flexibility index (Phi) is 7.81. The molecule has 1 aromatic carbocycles. The summed E-state index contributed by atoms with van der Waals surface area (Å²) in [7, 11) is -9.19. The summed E-state index contributed by atoms with van der Waals surface area (Å²) in [5.74, 6) is -0.589. The third-order valence-electron chi connectivity index (χ3n) is 5.05. The molecule has 0 bridgehead atoms. The number of H-pyrrole nitrogens is 1. The van der Waals surface area contributed by atoms with Crippen molar-refractivity contribution in [1.29, 1.82) is 0 Å². The van der Waals surface area contributed by atoms with E-state index in [1.807, 2.05) is 0 Å². The topological polar surface area (TPSA) is 251 Å². The van der Waals surface area contributed by atoms with Crippen LogP contribution in [0.1, 0.15) is 0 Å². The van der Waals surface area contributed by atoms with E-state index < -0.39 is 42.5 Å². The van der Waals surface area contributed by atoms with Crippen LogP contribution in [0.5, 0.6) is 0 Å². The summed E-state index contributed by atoms with van der Waals surface area (Å²) < 4.78 is 53.3. The van der Waals surface area contributed by atoms with E-state index in [1.165, 1.54) is 15.9 Å². The van der Waals surface area contributed by atoms with Crippen LogP contribution < -0.4 is 20.5 Å². The van der Waals surface area contributed by atoms with Crippen molar-refractivity contribution in [1.82, 2.24) is 30.2 Å². The second-order valence-corrected chi connectivity index (χ2v) is 10.6. The van der Waals surface area contributed by atoms with Crippen LogP contribution in [-0.2, 0) is 24.8 Å². The van der Waals surface area contributed by atoms with Crippen molar-refractivity contribution >= 4 is 31.6 Å². The van der Waals surface area contributed by atoms with Gasteiger partial charge in [-0.05, 0) is 17.3 Å². The number of nitrogens with zero attached hydrogens (tertiary/aromatic N) is 5. The van der Waals surface area contributed by atoms with Gasteiger partial charge in [0.15, 0.2) is 0 Å². The summed E-state index contributed by atoms with van der Waals surface area (Å²) >= 11 is 0. The Morgan fingerprint density at radius 2 is 1.97 bits per heavy atom. The number of nitrogens with two attached hydrogens (primary N) is 2. The van der Waals surface area contributed by atoms with Crippen molar-refractivity contribution in [3.8, 4) is 11.4 Å². The van der Waals surface area contributed by atoms with E-state index in [2.05, 4.69) is 25.3 Å². The van der Waals surface area contributed by atoms with Crippen LogP contribution in [-0.4, -0.2) is 110 Å². The van der Waals surface area contributed by atoms with Crippen molar-refractivity contribution in [3.05, 3.63) is 12.1 Å². The Hall–Kier alpha value is -2.74. The number of piperazine rings is 1. The minimum Gasteiger partial charge on any atom is -0.395 e. The molecule has 0 saturated carbocycles. The number of aromatic amines is 1. The van der Waals surface area contributed by atoms with Gasteiger partial charge in [0, 0.05) is 38.4 Å². The van der Waals surface area contributed by atoms with E-state index >= 15 is 0 Å². The predicted octanol–water partition coefficient (Wildman–Crippen LogP) is -4.25. The summed E-state index contributed by atoms with van der Waals surface area (Å²) in [5, 5.41) is 37.3. The van der Waals surface area contributed by atoms with E-state index in [-0.39, 0.29) is 62.3 Å². The van der Waals surface area contributed by atoms with Gasteiger partial charge in [0.1, 0.15) is 9.79 Å². The van der Waals surface area contributed by atoms with Crippen LogP contribution in [0.3, 0.4) is 0 Å². The molecule has 0 radical (unpaired) electrons. The fourth-order valence-corrected chi connectivity index (χ4v) is 6.10. The Balaban J connectivity index is 2.18. The molecule has 188 valence electrons. The van der Waals surface area contributed by atoms with Crippen LogP contribution in [0.15, 0.2) is 21.9 Å². The fourth-order valence-electron chi connectivity index (χ4n) is 3.43. The van der Waals surface area contributed by atoms with Crippen molar-refractivity contribution in [2.24, 2.45) is 10.9 Å². The maximum atomic E-state index is 13.0. The molecule has 0 aliphatic carbocycles. The van der Waals surface area contributed by atoms with E-state index in [0.29, 0.717) is 0 Å². The molecule has 1 aliphatic rings. The minimum absolute atomic E-state index is 0.142. The number of tetrazole rings is 1. The van der Waals surface area contributed by atoms with Crippen LogP contribution in [0.2, 0.25) is 0 Å². The molecule has 1 fully saturated rings. The minimum atomic E-state index is -4.69. The highest BCUT2D eigenvalue weighted by atomic mass is 32.2. The largest absolute Gasteiger partial charge is 0.395 e. The summed E-state index contributed by atoms with van der Waals surface area (Å²) in [4.78, 5) is 14.0. The number of hydrogen-bond acceptors (Lipinski definition) is 12. The highest BCUT2D eigenvalue weighted by Crippen LogP contribution is 2.38. The Morgan fingerprint density at radius 3 is 2.53 bits per heavy atom. The van der Waals surface area contributed by atoms with Gasteiger partial charge in [0.05, 0.1) is 24.8 Å². The molecule has 1 amide bonds. The molecule has 16 nitrogen and oxygen atoms in total. The standard InChI is InChI=1S/C16H25N9O7S2/c17-7-10(27)8-19-34(31,32)12-2-1-11(25-4-3-24(5-6-26)13(28)9-25)14(15(12)33(18,29)30)16-20-22-23-21-16/h1-2,10,19,26-27H,3-9,17H2,(H2,18,29,30)(H,20,21,22,23). The molecule has 1 aliphatic heterocycles. The number of aromatic nitrogens is 4. The molecular formula is C16H25N9O7S2. The Labute approximate surface area is 195 Å². The first-order chi connectivity index (χ1) is 16.0. The summed E-state index contributed by atoms with van der Waals surface area (Å²) in [6.45, 7) is -0.473. The second kappa shape index (κ2) is 10.3. The van der Waals surface area contributed by atoms with Gasteiger partial charge in [-0.25, -0.2) is 26.7 Å². The number of carbonyl (C=O) groups excluding carboxylic acids is 1. The number of β-amino-alcohol motifs (C(OH)–C–C–N with tert-alkyl or cyclic N) is 1.